The Hall–Kier alpha value is -3.49. The standard InChI is InChI=1S/C21H24N6O3/c1-13(2)27-12-15(7-9-17(27)28)18-19(16-8-6-14(3)30-16)22-20(25-24-18)23-21(29)26-10-4-5-11-26/h6-9,12-13H,4-5,10-11H2,1-3H3,(H,22,23,25,29). The molecule has 1 fully saturated rings. The number of hydrogen-bond acceptors (Lipinski definition) is 6. The van der Waals surface area contributed by atoms with Crippen LogP contribution in [0.1, 0.15) is 38.5 Å². The summed E-state index contributed by atoms with van der Waals surface area (Å²) in [6, 6.07) is 6.57. The zero-order valence-electron chi connectivity index (χ0n) is 17.3. The normalized spacial score (nSPS) is 13.8. The number of nitrogens with zero attached hydrogens (tertiary/aromatic N) is 5. The molecule has 0 aliphatic carbocycles. The number of urea groups is 1. The van der Waals surface area contributed by atoms with E-state index in [0.29, 0.717) is 22.7 Å². The van der Waals surface area contributed by atoms with Gasteiger partial charge in [-0.2, -0.15) is 0 Å². The average molecular weight is 408 g/mol. The SMILES string of the molecule is Cc1ccc(-c2nc(NC(=O)N3CCCC3)nnc2-c2ccc(=O)n(C(C)C)c2)o1. The predicted octanol–water partition coefficient (Wildman–Crippen LogP) is 3.48. The molecular formula is C21H24N6O3. The quantitative estimate of drug-likeness (QED) is 0.708. The van der Waals surface area contributed by atoms with Crippen LogP contribution in [-0.4, -0.2) is 43.8 Å². The van der Waals surface area contributed by atoms with Crippen LogP contribution in [0.5, 0.6) is 0 Å². The summed E-state index contributed by atoms with van der Waals surface area (Å²) < 4.78 is 7.39. The van der Waals surface area contributed by atoms with Gasteiger partial charge in [-0.3, -0.25) is 10.1 Å². The van der Waals surface area contributed by atoms with E-state index in [1.54, 1.807) is 27.8 Å². The van der Waals surface area contributed by atoms with Gasteiger partial charge in [0, 0.05) is 37.0 Å². The number of rotatable bonds is 4. The van der Waals surface area contributed by atoms with E-state index in [-0.39, 0.29) is 23.6 Å². The number of likely N-dealkylation sites (tertiary alicyclic amines) is 1. The summed E-state index contributed by atoms with van der Waals surface area (Å²) in [5.41, 5.74) is 1.51. The van der Waals surface area contributed by atoms with E-state index in [9.17, 15) is 9.59 Å². The number of nitrogens with one attached hydrogen (secondary N) is 1. The van der Waals surface area contributed by atoms with E-state index >= 15 is 0 Å². The predicted molar refractivity (Wildman–Crippen MR) is 112 cm³/mol. The van der Waals surface area contributed by atoms with Gasteiger partial charge in [0.25, 0.3) is 11.5 Å². The highest BCUT2D eigenvalue weighted by Gasteiger charge is 2.21. The topological polar surface area (TPSA) is 106 Å². The molecular weight excluding hydrogens is 384 g/mol. The highest BCUT2D eigenvalue weighted by molar-refractivity contribution is 5.88. The van der Waals surface area contributed by atoms with Crippen LogP contribution >= 0.6 is 0 Å². The van der Waals surface area contributed by atoms with Crippen molar-refractivity contribution in [3.8, 4) is 22.7 Å². The molecule has 0 atom stereocenters. The largest absolute Gasteiger partial charge is 0.460 e. The third-order valence-corrected chi connectivity index (χ3v) is 5.04. The Morgan fingerprint density at radius 1 is 1.10 bits per heavy atom. The minimum atomic E-state index is -0.239. The number of hydrogen-bond donors (Lipinski definition) is 1. The first-order valence-electron chi connectivity index (χ1n) is 10.0. The number of carbonyl (C=O) groups excluding carboxylic acids is 1. The molecule has 1 aliphatic rings. The maximum atomic E-state index is 12.4. The smallest absolute Gasteiger partial charge is 0.324 e. The zero-order chi connectivity index (χ0) is 21.3. The Labute approximate surface area is 173 Å². The fourth-order valence-electron chi connectivity index (χ4n) is 3.45. The van der Waals surface area contributed by atoms with Crippen molar-refractivity contribution in [2.45, 2.75) is 39.7 Å². The van der Waals surface area contributed by atoms with Crippen LogP contribution in [0.4, 0.5) is 10.7 Å². The maximum Gasteiger partial charge on any atom is 0.324 e. The second kappa shape index (κ2) is 8.10. The van der Waals surface area contributed by atoms with Crippen LogP contribution in [-0.2, 0) is 0 Å². The van der Waals surface area contributed by atoms with Crippen molar-refractivity contribution in [2.24, 2.45) is 0 Å². The van der Waals surface area contributed by atoms with Crippen LogP contribution in [0.15, 0.2) is 39.7 Å². The summed E-state index contributed by atoms with van der Waals surface area (Å²) in [7, 11) is 0. The number of aryl methyl sites for hydroxylation is 1. The number of pyridine rings is 1. The van der Waals surface area contributed by atoms with Crippen LogP contribution in [0.25, 0.3) is 22.7 Å². The molecule has 0 saturated carbocycles. The van der Waals surface area contributed by atoms with Gasteiger partial charge in [0.1, 0.15) is 17.1 Å². The highest BCUT2D eigenvalue weighted by Crippen LogP contribution is 2.30. The lowest BCUT2D eigenvalue weighted by Crippen LogP contribution is -2.32. The molecule has 1 saturated heterocycles. The van der Waals surface area contributed by atoms with Crippen molar-refractivity contribution < 1.29 is 9.21 Å². The molecule has 30 heavy (non-hydrogen) atoms. The fraction of sp³-hybridized carbons (Fsp3) is 0.381. The number of aromatic nitrogens is 4. The molecule has 0 radical (unpaired) electrons. The molecule has 4 rings (SSSR count). The van der Waals surface area contributed by atoms with E-state index in [2.05, 4.69) is 20.5 Å². The van der Waals surface area contributed by atoms with Crippen molar-refractivity contribution >= 4 is 12.0 Å². The van der Waals surface area contributed by atoms with Gasteiger partial charge in [0.05, 0.1) is 0 Å². The maximum absolute atomic E-state index is 12.4. The zero-order valence-corrected chi connectivity index (χ0v) is 17.3. The van der Waals surface area contributed by atoms with Crippen LogP contribution in [0.2, 0.25) is 0 Å². The molecule has 0 spiro atoms. The lowest BCUT2D eigenvalue weighted by Gasteiger charge is -2.16. The molecule has 1 N–H and O–H groups in total. The number of carbonyl (C=O) groups is 1. The molecule has 0 bridgehead atoms. The van der Waals surface area contributed by atoms with E-state index in [1.807, 2.05) is 26.8 Å². The first kappa shape index (κ1) is 19.8. The second-order valence-electron chi connectivity index (χ2n) is 7.62. The lowest BCUT2D eigenvalue weighted by atomic mass is 10.1. The van der Waals surface area contributed by atoms with E-state index in [0.717, 1.165) is 31.7 Å². The lowest BCUT2D eigenvalue weighted by molar-refractivity contribution is 0.222. The second-order valence-corrected chi connectivity index (χ2v) is 7.62. The van der Waals surface area contributed by atoms with E-state index < -0.39 is 0 Å². The Bertz CT molecular complexity index is 1130. The van der Waals surface area contributed by atoms with Gasteiger partial charge in [-0.25, -0.2) is 9.78 Å². The van der Waals surface area contributed by atoms with Crippen LogP contribution in [0.3, 0.4) is 0 Å². The summed E-state index contributed by atoms with van der Waals surface area (Å²) in [6.07, 6.45) is 3.72. The Kier molecular flexibility index (Phi) is 5.35. The molecule has 2 amide bonds. The summed E-state index contributed by atoms with van der Waals surface area (Å²) in [6.45, 7) is 7.15. The average Bonchev–Trinajstić information content (AvgIpc) is 3.40. The first-order chi connectivity index (χ1) is 14.4. The number of furan rings is 1. The third-order valence-electron chi connectivity index (χ3n) is 5.04. The van der Waals surface area contributed by atoms with Gasteiger partial charge in [-0.15, -0.1) is 10.2 Å². The minimum absolute atomic E-state index is 0.00769. The molecule has 4 heterocycles. The molecule has 0 aromatic carbocycles. The van der Waals surface area contributed by atoms with Gasteiger partial charge < -0.3 is 13.9 Å². The molecule has 9 heteroatoms. The van der Waals surface area contributed by atoms with Gasteiger partial charge in [-0.1, -0.05) is 0 Å². The Morgan fingerprint density at radius 2 is 1.87 bits per heavy atom. The van der Waals surface area contributed by atoms with Crippen molar-refractivity contribution in [3.63, 3.8) is 0 Å². The minimum Gasteiger partial charge on any atom is -0.460 e. The monoisotopic (exact) mass is 408 g/mol. The molecule has 9 nitrogen and oxygen atoms in total. The fourth-order valence-corrected chi connectivity index (χ4v) is 3.45. The van der Waals surface area contributed by atoms with Gasteiger partial charge >= 0.3 is 6.03 Å². The summed E-state index contributed by atoms with van der Waals surface area (Å²) in [5, 5.41) is 11.2. The van der Waals surface area contributed by atoms with Crippen LogP contribution in [0, 0.1) is 6.92 Å². The summed E-state index contributed by atoms with van der Waals surface area (Å²) >= 11 is 0. The Balaban J connectivity index is 1.76. The summed E-state index contributed by atoms with van der Waals surface area (Å²) in [5.74, 6) is 1.35. The third kappa shape index (κ3) is 3.96. The van der Waals surface area contributed by atoms with Gasteiger partial charge in [-0.05, 0) is 51.8 Å². The van der Waals surface area contributed by atoms with Crippen molar-refractivity contribution in [3.05, 3.63) is 46.6 Å². The first-order valence-corrected chi connectivity index (χ1v) is 10.0. The van der Waals surface area contributed by atoms with E-state index in [4.69, 9.17) is 4.42 Å². The van der Waals surface area contributed by atoms with Crippen LogP contribution < -0.4 is 10.9 Å². The van der Waals surface area contributed by atoms with Gasteiger partial charge in [0.15, 0.2) is 5.76 Å². The molecule has 3 aromatic rings. The highest BCUT2D eigenvalue weighted by atomic mass is 16.3. The molecule has 3 aromatic heterocycles. The Morgan fingerprint density at radius 3 is 2.53 bits per heavy atom. The molecule has 156 valence electrons. The molecule has 1 aliphatic heterocycles. The van der Waals surface area contributed by atoms with Crippen molar-refractivity contribution in [1.82, 2.24) is 24.6 Å². The van der Waals surface area contributed by atoms with Crippen molar-refractivity contribution in [2.75, 3.05) is 18.4 Å². The van der Waals surface area contributed by atoms with Gasteiger partial charge in [0.2, 0.25) is 0 Å². The summed E-state index contributed by atoms with van der Waals surface area (Å²) in [4.78, 5) is 30.8. The van der Waals surface area contributed by atoms with Crippen molar-refractivity contribution in [1.29, 1.82) is 0 Å². The molecule has 0 unspecified atom stereocenters. The number of amides is 2. The van der Waals surface area contributed by atoms with E-state index in [1.165, 1.54) is 6.07 Å². The number of anilines is 1.